The number of amides is 3. The maximum absolute atomic E-state index is 12.6. The minimum Gasteiger partial charge on any atom is -0.374 e. The van der Waals surface area contributed by atoms with Crippen LogP contribution in [0.5, 0.6) is 0 Å². The molecule has 0 bridgehead atoms. The monoisotopic (exact) mass is 452 g/mol. The quantitative estimate of drug-likeness (QED) is 0.510. The molecule has 1 unspecified atom stereocenters. The van der Waals surface area contributed by atoms with Crippen LogP contribution >= 0.6 is 0 Å². The highest BCUT2D eigenvalue weighted by Gasteiger charge is 2.44. The Kier molecular flexibility index (Phi) is 8.85. The molecule has 1 rings (SSSR count). The van der Waals surface area contributed by atoms with Crippen LogP contribution in [0.4, 0.5) is 0 Å². The minimum absolute atomic E-state index is 0.0861. The number of ketones is 1. The van der Waals surface area contributed by atoms with Crippen molar-refractivity contribution in [2.45, 2.75) is 94.1 Å². The first-order valence-electron chi connectivity index (χ1n) is 11.6. The highest BCUT2D eigenvalue weighted by atomic mass is 16.5. The van der Waals surface area contributed by atoms with Gasteiger partial charge >= 0.3 is 0 Å². The molecule has 0 saturated carbocycles. The number of rotatable bonds is 10. The van der Waals surface area contributed by atoms with E-state index in [4.69, 9.17) is 4.74 Å². The van der Waals surface area contributed by atoms with Crippen molar-refractivity contribution in [2.75, 3.05) is 19.7 Å². The van der Waals surface area contributed by atoms with Gasteiger partial charge in [0, 0.05) is 36.8 Å². The van der Waals surface area contributed by atoms with Crippen molar-refractivity contribution >= 4 is 23.5 Å². The lowest BCUT2D eigenvalue weighted by Gasteiger charge is -2.34. The molecule has 3 amide bonds. The molecule has 1 fully saturated rings. The van der Waals surface area contributed by atoms with Gasteiger partial charge in [-0.1, -0.05) is 55.4 Å². The van der Waals surface area contributed by atoms with Gasteiger partial charge in [0.05, 0.1) is 18.1 Å². The van der Waals surface area contributed by atoms with Crippen molar-refractivity contribution in [2.24, 2.45) is 22.2 Å². The summed E-state index contributed by atoms with van der Waals surface area (Å²) in [7, 11) is 0. The number of likely N-dealkylation sites (tertiary alicyclic amines) is 1. The predicted molar refractivity (Wildman–Crippen MR) is 125 cm³/mol. The molecular formula is C25H44N2O5. The van der Waals surface area contributed by atoms with E-state index in [1.165, 1.54) is 4.90 Å². The first-order chi connectivity index (χ1) is 14.3. The Balaban J connectivity index is 2.45. The molecule has 0 aromatic rings. The third-order valence-electron chi connectivity index (χ3n) is 6.02. The molecule has 1 atom stereocenters. The van der Waals surface area contributed by atoms with Gasteiger partial charge in [0.25, 0.3) is 0 Å². The number of ether oxygens (including phenoxy) is 1. The molecule has 1 N–H and O–H groups in total. The lowest BCUT2D eigenvalue weighted by molar-refractivity contribution is -0.143. The zero-order valence-corrected chi connectivity index (χ0v) is 21.8. The molecule has 0 aliphatic carbocycles. The molecule has 1 heterocycles. The van der Waals surface area contributed by atoms with Crippen LogP contribution < -0.4 is 5.32 Å². The second-order valence-corrected chi connectivity index (χ2v) is 12.4. The second-order valence-electron chi connectivity index (χ2n) is 12.4. The predicted octanol–water partition coefficient (Wildman–Crippen LogP) is 3.74. The SMILES string of the molecule is CC(C)(CCNC(=O)CCN1C(=O)CC(C(C)(C)C)C1=O)OCC(C)(C)C(=O)C(C)(C)C. The fourth-order valence-corrected chi connectivity index (χ4v) is 3.93. The van der Waals surface area contributed by atoms with E-state index in [-0.39, 0.29) is 54.2 Å². The zero-order chi connectivity index (χ0) is 25.1. The Morgan fingerprint density at radius 2 is 1.56 bits per heavy atom. The Hall–Kier alpha value is -1.76. The zero-order valence-electron chi connectivity index (χ0n) is 21.8. The van der Waals surface area contributed by atoms with E-state index in [0.717, 1.165) is 0 Å². The summed E-state index contributed by atoms with van der Waals surface area (Å²) in [4.78, 5) is 50.8. The Morgan fingerprint density at radius 3 is 2.03 bits per heavy atom. The third kappa shape index (κ3) is 7.98. The van der Waals surface area contributed by atoms with Crippen LogP contribution in [0.2, 0.25) is 0 Å². The van der Waals surface area contributed by atoms with Crippen LogP contribution in [0.1, 0.15) is 88.5 Å². The number of hydrogen-bond donors (Lipinski definition) is 1. The maximum atomic E-state index is 12.6. The summed E-state index contributed by atoms with van der Waals surface area (Å²) < 4.78 is 6.04. The van der Waals surface area contributed by atoms with E-state index in [9.17, 15) is 19.2 Å². The van der Waals surface area contributed by atoms with Crippen LogP contribution in [0.15, 0.2) is 0 Å². The van der Waals surface area contributed by atoms with Gasteiger partial charge in [-0.25, -0.2) is 0 Å². The highest BCUT2D eigenvalue weighted by molar-refractivity contribution is 6.04. The summed E-state index contributed by atoms with van der Waals surface area (Å²) in [6.07, 6.45) is 0.874. The molecule has 0 spiro atoms. The van der Waals surface area contributed by atoms with Gasteiger partial charge in [0.2, 0.25) is 17.7 Å². The molecule has 1 saturated heterocycles. The Bertz CT molecular complexity index is 726. The van der Waals surface area contributed by atoms with Crippen LogP contribution in [0, 0.1) is 22.2 Å². The van der Waals surface area contributed by atoms with E-state index < -0.39 is 16.4 Å². The van der Waals surface area contributed by atoms with E-state index in [1.807, 2.05) is 69.2 Å². The number of hydrogen-bond acceptors (Lipinski definition) is 5. The lowest BCUT2D eigenvalue weighted by atomic mass is 9.75. The number of carbonyl (C=O) groups excluding carboxylic acids is 4. The number of imide groups is 1. The van der Waals surface area contributed by atoms with Gasteiger partial charge in [-0.05, 0) is 25.7 Å². The van der Waals surface area contributed by atoms with Gasteiger partial charge in [0.1, 0.15) is 5.78 Å². The lowest BCUT2D eigenvalue weighted by Crippen LogP contribution is -2.42. The van der Waals surface area contributed by atoms with Gasteiger partial charge in [-0.3, -0.25) is 24.1 Å². The smallest absolute Gasteiger partial charge is 0.233 e. The first kappa shape index (κ1) is 28.3. The molecule has 1 aliphatic heterocycles. The molecule has 0 aromatic carbocycles. The largest absolute Gasteiger partial charge is 0.374 e. The average molecular weight is 453 g/mol. The summed E-state index contributed by atoms with van der Waals surface area (Å²) >= 11 is 0. The maximum Gasteiger partial charge on any atom is 0.233 e. The molecule has 0 aromatic heterocycles. The highest BCUT2D eigenvalue weighted by Crippen LogP contribution is 2.35. The summed E-state index contributed by atoms with van der Waals surface area (Å²) in [6, 6.07) is 0. The van der Waals surface area contributed by atoms with E-state index in [0.29, 0.717) is 19.6 Å². The van der Waals surface area contributed by atoms with Gasteiger partial charge in [0.15, 0.2) is 0 Å². The summed E-state index contributed by atoms with van der Waals surface area (Å²) in [6.45, 7) is 20.0. The number of nitrogens with one attached hydrogen (secondary N) is 1. The van der Waals surface area contributed by atoms with Crippen LogP contribution in [-0.4, -0.2) is 53.7 Å². The van der Waals surface area contributed by atoms with Crippen molar-refractivity contribution in [3.63, 3.8) is 0 Å². The summed E-state index contributed by atoms with van der Waals surface area (Å²) in [5, 5.41) is 2.84. The van der Waals surface area contributed by atoms with E-state index in [2.05, 4.69) is 5.32 Å². The van der Waals surface area contributed by atoms with Crippen molar-refractivity contribution < 1.29 is 23.9 Å². The Morgan fingerprint density at radius 1 is 1.00 bits per heavy atom. The number of Topliss-reactive ketones (excluding diaryl/α,β-unsaturated/α-hetero) is 1. The summed E-state index contributed by atoms with van der Waals surface area (Å²) in [5.41, 5.74) is -1.82. The molecule has 7 nitrogen and oxygen atoms in total. The molecule has 32 heavy (non-hydrogen) atoms. The normalized spacial score (nSPS) is 18.3. The van der Waals surface area contributed by atoms with Crippen molar-refractivity contribution in [3.8, 4) is 0 Å². The molecule has 1 aliphatic rings. The van der Waals surface area contributed by atoms with Gasteiger partial charge < -0.3 is 10.1 Å². The molecular weight excluding hydrogens is 408 g/mol. The van der Waals surface area contributed by atoms with Gasteiger partial charge in [-0.2, -0.15) is 0 Å². The third-order valence-corrected chi connectivity index (χ3v) is 6.02. The van der Waals surface area contributed by atoms with Crippen molar-refractivity contribution in [3.05, 3.63) is 0 Å². The molecule has 7 heteroatoms. The van der Waals surface area contributed by atoms with Crippen LogP contribution in [0.25, 0.3) is 0 Å². The van der Waals surface area contributed by atoms with E-state index >= 15 is 0 Å². The summed E-state index contributed by atoms with van der Waals surface area (Å²) in [5.74, 6) is -0.773. The fourth-order valence-electron chi connectivity index (χ4n) is 3.93. The first-order valence-corrected chi connectivity index (χ1v) is 11.6. The number of nitrogens with zero attached hydrogens (tertiary/aromatic N) is 1. The second kappa shape index (κ2) is 10.0. The van der Waals surface area contributed by atoms with Crippen molar-refractivity contribution in [1.29, 1.82) is 0 Å². The standard InChI is InChI=1S/C25H44N2O5/c1-22(2,3)17-15-19(29)27(20(17)30)14-11-18(28)26-13-12-25(9,10)32-16-24(7,8)21(31)23(4,5)6/h17H,11-16H2,1-10H3,(H,26,28). The minimum atomic E-state index is -0.599. The average Bonchev–Trinajstić information content (AvgIpc) is 2.91. The molecule has 0 radical (unpaired) electrons. The fraction of sp³-hybridized carbons (Fsp3) is 0.840. The van der Waals surface area contributed by atoms with Crippen molar-refractivity contribution in [1.82, 2.24) is 10.2 Å². The number of carbonyl (C=O) groups is 4. The van der Waals surface area contributed by atoms with Crippen LogP contribution in [0.3, 0.4) is 0 Å². The molecule has 184 valence electrons. The van der Waals surface area contributed by atoms with E-state index in [1.54, 1.807) is 0 Å². The van der Waals surface area contributed by atoms with Crippen LogP contribution in [-0.2, 0) is 23.9 Å². The topological polar surface area (TPSA) is 92.8 Å². The Labute approximate surface area is 194 Å². The van der Waals surface area contributed by atoms with Gasteiger partial charge in [-0.15, -0.1) is 0 Å².